The van der Waals surface area contributed by atoms with Crippen LogP contribution in [0.3, 0.4) is 0 Å². The fourth-order valence-corrected chi connectivity index (χ4v) is 3.36. The molecule has 2 amide bonds. The molecule has 0 bridgehead atoms. The number of hydrogen-bond acceptors (Lipinski definition) is 5. The normalized spacial score (nSPS) is 19.5. The number of rotatable bonds is 6. The zero-order chi connectivity index (χ0) is 20.5. The van der Waals surface area contributed by atoms with Gasteiger partial charge in [-0.1, -0.05) is 27.7 Å². The molecule has 0 spiro atoms. The van der Waals surface area contributed by atoms with Crippen LogP contribution < -0.4 is 10.6 Å². The first-order chi connectivity index (χ1) is 13.2. The van der Waals surface area contributed by atoms with Crippen LogP contribution in [0.15, 0.2) is 22.6 Å². The van der Waals surface area contributed by atoms with Crippen LogP contribution in [0, 0.1) is 0 Å². The Labute approximate surface area is 164 Å². The second kappa shape index (κ2) is 7.79. The van der Waals surface area contributed by atoms with Crippen molar-refractivity contribution >= 4 is 28.8 Å². The van der Waals surface area contributed by atoms with Crippen LogP contribution in [0.25, 0.3) is 11.1 Å². The number of aromatic nitrogens is 1. The largest absolute Gasteiger partial charge is 0.480 e. The van der Waals surface area contributed by atoms with Gasteiger partial charge >= 0.3 is 12.0 Å². The SMILES string of the molecule is CCN(CC(=O)O)C1CC(NC(=O)Nc2ccc3oc(C(C)(C)C)nc3c2)C1. The summed E-state index contributed by atoms with van der Waals surface area (Å²) in [5, 5.41) is 14.7. The molecular formula is C20H28N4O4. The molecule has 0 saturated heterocycles. The number of hydrogen-bond donors (Lipinski definition) is 3. The van der Waals surface area contributed by atoms with E-state index in [1.54, 1.807) is 18.2 Å². The van der Waals surface area contributed by atoms with Crippen LogP contribution in [-0.4, -0.2) is 52.2 Å². The van der Waals surface area contributed by atoms with Gasteiger partial charge in [0, 0.05) is 23.2 Å². The molecule has 28 heavy (non-hydrogen) atoms. The van der Waals surface area contributed by atoms with E-state index in [0.717, 1.165) is 12.8 Å². The number of nitrogens with zero attached hydrogens (tertiary/aromatic N) is 2. The van der Waals surface area contributed by atoms with E-state index >= 15 is 0 Å². The summed E-state index contributed by atoms with van der Waals surface area (Å²) in [7, 11) is 0. The van der Waals surface area contributed by atoms with Crippen LogP contribution in [0.5, 0.6) is 0 Å². The van der Waals surface area contributed by atoms with Gasteiger partial charge in [-0.2, -0.15) is 0 Å². The molecule has 3 N–H and O–H groups in total. The van der Waals surface area contributed by atoms with E-state index in [2.05, 4.69) is 15.6 Å². The summed E-state index contributed by atoms with van der Waals surface area (Å²) in [6.45, 7) is 8.77. The van der Waals surface area contributed by atoms with E-state index in [1.165, 1.54) is 0 Å². The monoisotopic (exact) mass is 388 g/mol. The Hall–Kier alpha value is -2.61. The third-order valence-electron chi connectivity index (χ3n) is 5.00. The van der Waals surface area contributed by atoms with Crippen LogP contribution in [0.2, 0.25) is 0 Å². The molecule has 0 aliphatic heterocycles. The van der Waals surface area contributed by atoms with Crippen LogP contribution in [0.1, 0.15) is 46.4 Å². The van der Waals surface area contributed by atoms with Gasteiger partial charge in [-0.25, -0.2) is 9.78 Å². The van der Waals surface area contributed by atoms with Crippen molar-refractivity contribution in [2.24, 2.45) is 0 Å². The smallest absolute Gasteiger partial charge is 0.319 e. The van der Waals surface area contributed by atoms with Crippen molar-refractivity contribution < 1.29 is 19.1 Å². The predicted molar refractivity (Wildman–Crippen MR) is 107 cm³/mol. The molecule has 2 aromatic rings. The summed E-state index contributed by atoms with van der Waals surface area (Å²) in [6.07, 6.45) is 1.51. The summed E-state index contributed by atoms with van der Waals surface area (Å²) >= 11 is 0. The number of carboxylic acids is 1. The van der Waals surface area contributed by atoms with Gasteiger partial charge < -0.3 is 20.2 Å². The highest BCUT2D eigenvalue weighted by Crippen LogP contribution is 2.28. The molecule has 1 aliphatic rings. The lowest BCUT2D eigenvalue weighted by atomic mass is 9.85. The minimum atomic E-state index is -0.825. The number of fused-ring (bicyclic) bond motifs is 1. The topological polar surface area (TPSA) is 108 Å². The molecule has 1 fully saturated rings. The van der Waals surface area contributed by atoms with Crippen molar-refractivity contribution in [1.82, 2.24) is 15.2 Å². The zero-order valence-corrected chi connectivity index (χ0v) is 16.8. The molecule has 1 aromatic heterocycles. The average molecular weight is 388 g/mol. The Morgan fingerprint density at radius 2 is 2.04 bits per heavy atom. The maximum Gasteiger partial charge on any atom is 0.319 e. The Morgan fingerprint density at radius 3 is 2.64 bits per heavy atom. The molecule has 1 aromatic carbocycles. The van der Waals surface area contributed by atoms with Gasteiger partial charge in [-0.3, -0.25) is 9.69 Å². The third kappa shape index (κ3) is 4.62. The molecule has 1 saturated carbocycles. The number of urea groups is 1. The number of carbonyl (C=O) groups excluding carboxylic acids is 1. The molecule has 8 heteroatoms. The zero-order valence-electron chi connectivity index (χ0n) is 16.8. The van der Waals surface area contributed by atoms with E-state index in [4.69, 9.17) is 9.52 Å². The highest BCUT2D eigenvalue weighted by atomic mass is 16.4. The number of amides is 2. The van der Waals surface area contributed by atoms with Gasteiger partial charge in [0.2, 0.25) is 5.89 Å². The summed E-state index contributed by atoms with van der Waals surface area (Å²) in [5.74, 6) is -0.166. The Morgan fingerprint density at radius 1 is 1.32 bits per heavy atom. The van der Waals surface area contributed by atoms with E-state index in [1.807, 2.05) is 32.6 Å². The minimum absolute atomic E-state index is 0.0361. The quantitative estimate of drug-likeness (QED) is 0.701. The second-order valence-corrected chi connectivity index (χ2v) is 8.33. The number of anilines is 1. The van der Waals surface area contributed by atoms with E-state index in [-0.39, 0.29) is 30.1 Å². The summed E-state index contributed by atoms with van der Waals surface area (Å²) < 4.78 is 5.77. The number of benzene rings is 1. The molecule has 0 radical (unpaired) electrons. The molecule has 1 aliphatic carbocycles. The van der Waals surface area contributed by atoms with Gasteiger partial charge in [-0.05, 0) is 37.6 Å². The minimum Gasteiger partial charge on any atom is -0.480 e. The molecular weight excluding hydrogens is 360 g/mol. The van der Waals surface area contributed by atoms with E-state index in [0.29, 0.717) is 29.2 Å². The fourth-order valence-electron chi connectivity index (χ4n) is 3.36. The van der Waals surface area contributed by atoms with Gasteiger partial charge in [0.05, 0.1) is 6.54 Å². The third-order valence-corrected chi connectivity index (χ3v) is 5.00. The molecule has 1 heterocycles. The lowest BCUT2D eigenvalue weighted by Gasteiger charge is -2.42. The van der Waals surface area contributed by atoms with Crippen molar-refractivity contribution in [2.75, 3.05) is 18.4 Å². The molecule has 0 unspecified atom stereocenters. The Bertz CT molecular complexity index is 865. The number of carboxylic acid groups (broad SMARTS) is 1. The lowest BCUT2D eigenvalue weighted by molar-refractivity contribution is -0.139. The second-order valence-electron chi connectivity index (χ2n) is 8.33. The van der Waals surface area contributed by atoms with Crippen LogP contribution >= 0.6 is 0 Å². The maximum absolute atomic E-state index is 12.3. The Balaban J connectivity index is 1.54. The maximum atomic E-state index is 12.3. The van der Waals surface area contributed by atoms with Gasteiger partial charge in [0.25, 0.3) is 0 Å². The van der Waals surface area contributed by atoms with Crippen molar-refractivity contribution in [3.63, 3.8) is 0 Å². The first kappa shape index (κ1) is 20.1. The van der Waals surface area contributed by atoms with E-state index < -0.39 is 5.97 Å². The van der Waals surface area contributed by atoms with Crippen molar-refractivity contribution in [3.8, 4) is 0 Å². The van der Waals surface area contributed by atoms with Gasteiger partial charge in [-0.15, -0.1) is 0 Å². The van der Waals surface area contributed by atoms with E-state index in [9.17, 15) is 9.59 Å². The average Bonchev–Trinajstić information content (AvgIpc) is 2.99. The van der Waals surface area contributed by atoms with Crippen molar-refractivity contribution in [2.45, 2.75) is 58.0 Å². The van der Waals surface area contributed by atoms with Gasteiger partial charge in [0.15, 0.2) is 5.58 Å². The van der Waals surface area contributed by atoms with Crippen molar-refractivity contribution in [3.05, 3.63) is 24.1 Å². The lowest BCUT2D eigenvalue weighted by Crippen LogP contribution is -2.55. The number of likely N-dealkylation sites (N-methyl/N-ethyl adjacent to an activating group) is 1. The standard InChI is InChI=1S/C20H28N4O4/c1-5-24(11-17(25)26)14-8-13(9-14)22-19(27)21-12-6-7-16-15(10-12)23-18(28-16)20(2,3)4/h6-7,10,13-14H,5,8-9,11H2,1-4H3,(H,25,26)(H2,21,22,27). The Kier molecular flexibility index (Phi) is 5.60. The van der Waals surface area contributed by atoms with Crippen LogP contribution in [-0.2, 0) is 10.2 Å². The number of carbonyl (C=O) groups is 2. The first-order valence-corrected chi connectivity index (χ1v) is 9.60. The molecule has 0 atom stereocenters. The summed E-state index contributed by atoms with van der Waals surface area (Å²) in [6, 6.07) is 5.36. The summed E-state index contributed by atoms with van der Waals surface area (Å²) in [5.41, 5.74) is 1.86. The summed E-state index contributed by atoms with van der Waals surface area (Å²) in [4.78, 5) is 29.6. The molecule has 152 valence electrons. The fraction of sp³-hybridized carbons (Fsp3) is 0.550. The highest BCUT2D eigenvalue weighted by Gasteiger charge is 2.34. The number of aliphatic carboxylic acids is 1. The number of oxazole rings is 1. The van der Waals surface area contributed by atoms with Crippen molar-refractivity contribution in [1.29, 1.82) is 0 Å². The molecule has 8 nitrogen and oxygen atoms in total. The van der Waals surface area contributed by atoms with Gasteiger partial charge in [0.1, 0.15) is 5.52 Å². The number of nitrogens with one attached hydrogen (secondary N) is 2. The highest BCUT2D eigenvalue weighted by molar-refractivity contribution is 5.91. The first-order valence-electron chi connectivity index (χ1n) is 9.60. The molecule has 3 rings (SSSR count). The predicted octanol–water partition coefficient (Wildman–Crippen LogP) is 3.18. The van der Waals surface area contributed by atoms with Crippen LogP contribution in [0.4, 0.5) is 10.5 Å².